The van der Waals surface area contributed by atoms with Crippen molar-refractivity contribution in [3.05, 3.63) is 28.8 Å². The molecular weight excluding hydrogens is 282 g/mol. The van der Waals surface area contributed by atoms with Crippen molar-refractivity contribution in [3.8, 4) is 11.8 Å². The van der Waals surface area contributed by atoms with Crippen LogP contribution in [0.4, 0.5) is 17.6 Å². The molecule has 0 aliphatic carbocycles. The first-order valence-electron chi connectivity index (χ1n) is 5.39. The van der Waals surface area contributed by atoms with Crippen LogP contribution >= 0.6 is 0 Å². The van der Waals surface area contributed by atoms with Crippen LogP contribution in [0.3, 0.4) is 0 Å². The molecule has 1 aromatic rings. The first kappa shape index (κ1) is 15.8. The molecule has 0 saturated heterocycles. The van der Waals surface area contributed by atoms with E-state index in [0.29, 0.717) is 0 Å². The highest BCUT2D eigenvalue weighted by molar-refractivity contribution is 5.95. The van der Waals surface area contributed by atoms with Crippen molar-refractivity contribution in [2.24, 2.45) is 0 Å². The molecule has 20 heavy (non-hydrogen) atoms. The average molecular weight is 291 g/mol. The van der Waals surface area contributed by atoms with Crippen molar-refractivity contribution in [1.82, 2.24) is 0 Å². The zero-order chi connectivity index (χ0) is 15.3. The van der Waals surface area contributed by atoms with Gasteiger partial charge in [-0.15, -0.1) is 0 Å². The number of nitrogens with zero attached hydrogens (tertiary/aromatic N) is 1. The molecule has 0 aliphatic rings. The van der Waals surface area contributed by atoms with E-state index in [-0.39, 0.29) is 6.61 Å². The van der Waals surface area contributed by atoms with Crippen molar-refractivity contribution in [2.45, 2.75) is 20.0 Å². The van der Waals surface area contributed by atoms with Crippen LogP contribution in [-0.2, 0) is 4.74 Å². The first-order valence-corrected chi connectivity index (χ1v) is 5.39. The van der Waals surface area contributed by atoms with Gasteiger partial charge >= 0.3 is 12.6 Å². The number of hydrogen-bond donors (Lipinski definition) is 0. The second-order valence-corrected chi connectivity index (χ2v) is 3.42. The Morgan fingerprint density at radius 1 is 1.35 bits per heavy atom. The zero-order valence-corrected chi connectivity index (χ0v) is 10.2. The number of rotatable bonds is 5. The van der Waals surface area contributed by atoms with Crippen molar-refractivity contribution < 1.29 is 31.8 Å². The summed E-state index contributed by atoms with van der Waals surface area (Å²) in [6, 6.07) is 3.17. The Morgan fingerprint density at radius 2 is 2.00 bits per heavy atom. The van der Waals surface area contributed by atoms with E-state index in [1.807, 2.05) is 0 Å². The molecule has 8 heteroatoms. The average Bonchev–Trinajstić information content (AvgIpc) is 2.37. The van der Waals surface area contributed by atoms with Crippen molar-refractivity contribution in [1.29, 1.82) is 5.26 Å². The van der Waals surface area contributed by atoms with Gasteiger partial charge in [-0.2, -0.15) is 14.0 Å². The number of nitriles is 1. The molecule has 0 N–H and O–H groups in total. The Labute approximate surface area is 111 Å². The number of esters is 1. The standard InChI is InChI=1S/C12H9F4NO3/c1-2-19-11(18)8-7(10(13)14)4-3-6(5-17)9(8)20-12(15)16/h3-4,10,12H,2H2,1H3. The van der Waals surface area contributed by atoms with E-state index < -0.39 is 41.4 Å². The third-order valence-corrected chi connectivity index (χ3v) is 2.23. The van der Waals surface area contributed by atoms with E-state index >= 15 is 0 Å². The molecule has 0 amide bonds. The number of alkyl halides is 4. The smallest absolute Gasteiger partial charge is 0.387 e. The third-order valence-electron chi connectivity index (χ3n) is 2.23. The first-order chi connectivity index (χ1) is 9.42. The molecule has 0 aromatic heterocycles. The van der Waals surface area contributed by atoms with E-state index in [4.69, 9.17) is 5.26 Å². The van der Waals surface area contributed by atoms with E-state index in [1.165, 1.54) is 13.0 Å². The molecule has 0 unspecified atom stereocenters. The third kappa shape index (κ3) is 3.38. The maximum atomic E-state index is 12.8. The van der Waals surface area contributed by atoms with Gasteiger partial charge in [-0.05, 0) is 13.0 Å². The van der Waals surface area contributed by atoms with E-state index in [1.54, 1.807) is 0 Å². The molecule has 0 spiro atoms. The van der Waals surface area contributed by atoms with Gasteiger partial charge in [-0.3, -0.25) is 0 Å². The van der Waals surface area contributed by atoms with Crippen molar-refractivity contribution >= 4 is 5.97 Å². The topological polar surface area (TPSA) is 59.3 Å². The van der Waals surface area contributed by atoms with E-state index in [2.05, 4.69) is 9.47 Å². The van der Waals surface area contributed by atoms with E-state index in [9.17, 15) is 22.4 Å². The van der Waals surface area contributed by atoms with Crippen LogP contribution in [-0.4, -0.2) is 19.2 Å². The van der Waals surface area contributed by atoms with Crippen LogP contribution in [0, 0.1) is 11.3 Å². The Kier molecular flexibility index (Phi) is 5.32. The monoisotopic (exact) mass is 291 g/mol. The fraction of sp³-hybridized carbons (Fsp3) is 0.333. The minimum Gasteiger partial charge on any atom is -0.462 e. The summed E-state index contributed by atoms with van der Waals surface area (Å²) in [5, 5.41) is 8.78. The quantitative estimate of drug-likeness (QED) is 0.617. The van der Waals surface area contributed by atoms with Crippen LogP contribution in [0.2, 0.25) is 0 Å². The van der Waals surface area contributed by atoms with Gasteiger partial charge in [0.2, 0.25) is 0 Å². The number of hydrogen-bond acceptors (Lipinski definition) is 4. The summed E-state index contributed by atoms with van der Waals surface area (Å²) in [7, 11) is 0. The lowest BCUT2D eigenvalue weighted by atomic mass is 10.0. The highest BCUT2D eigenvalue weighted by Crippen LogP contribution is 2.34. The van der Waals surface area contributed by atoms with Crippen LogP contribution in [0.1, 0.15) is 34.8 Å². The Hall–Kier alpha value is -2.30. The second kappa shape index (κ2) is 6.75. The van der Waals surface area contributed by atoms with Gasteiger partial charge in [-0.25, -0.2) is 13.6 Å². The lowest BCUT2D eigenvalue weighted by molar-refractivity contribution is -0.0508. The van der Waals surface area contributed by atoms with Crippen molar-refractivity contribution in [2.75, 3.05) is 6.61 Å². The highest BCUT2D eigenvalue weighted by atomic mass is 19.3. The summed E-state index contributed by atoms with van der Waals surface area (Å²) < 4.78 is 58.9. The number of ether oxygens (including phenoxy) is 2. The number of halogens is 4. The minimum absolute atomic E-state index is 0.146. The molecule has 108 valence electrons. The Balaban J connectivity index is 3.52. The SMILES string of the molecule is CCOC(=O)c1c(C(F)F)ccc(C#N)c1OC(F)F. The summed E-state index contributed by atoms with van der Waals surface area (Å²) in [6.07, 6.45) is -3.11. The maximum Gasteiger partial charge on any atom is 0.387 e. The fourth-order valence-electron chi connectivity index (χ4n) is 1.49. The predicted molar refractivity (Wildman–Crippen MR) is 58.7 cm³/mol. The van der Waals surface area contributed by atoms with Crippen LogP contribution in [0.5, 0.6) is 5.75 Å². The van der Waals surface area contributed by atoms with Gasteiger partial charge in [0.25, 0.3) is 6.43 Å². The second-order valence-electron chi connectivity index (χ2n) is 3.42. The number of carbonyl (C=O) groups excluding carboxylic acids is 1. The van der Waals surface area contributed by atoms with Crippen LogP contribution < -0.4 is 4.74 Å². The largest absolute Gasteiger partial charge is 0.462 e. The van der Waals surface area contributed by atoms with Crippen LogP contribution in [0.25, 0.3) is 0 Å². The molecule has 0 radical (unpaired) electrons. The lowest BCUT2D eigenvalue weighted by Crippen LogP contribution is -2.14. The Morgan fingerprint density at radius 3 is 2.45 bits per heavy atom. The molecule has 0 bridgehead atoms. The molecule has 1 aromatic carbocycles. The summed E-state index contributed by atoms with van der Waals surface area (Å²) in [5.41, 5.74) is -2.16. The molecule has 0 saturated carbocycles. The zero-order valence-electron chi connectivity index (χ0n) is 10.2. The van der Waals surface area contributed by atoms with Gasteiger partial charge in [0.05, 0.1) is 12.2 Å². The summed E-state index contributed by atoms with van der Waals surface area (Å²) in [5.74, 6) is -2.16. The molecule has 0 heterocycles. The molecule has 1 rings (SSSR count). The fourth-order valence-corrected chi connectivity index (χ4v) is 1.49. The van der Waals surface area contributed by atoms with Crippen molar-refractivity contribution in [3.63, 3.8) is 0 Å². The van der Waals surface area contributed by atoms with E-state index in [0.717, 1.165) is 12.1 Å². The molecular formula is C12H9F4NO3. The number of carbonyl (C=O) groups is 1. The molecule has 0 fully saturated rings. The molecule has 0 atom stereocenters. The summed E-state index contributed by atoms with van der Waals surface area (Å²) in [6.45, 7) is -2.10. The van der Waals surface area contributed by atoms with Gasteiger partial charge in [0.15, 0.2) is 5.75 Å². The van der Waals surface area contributed by atoms with Gasteiger partial charge in [0, 0.05) is 5.56 Å². The highest BCUT2D eigenvalue weighted by Gasteiger charge is 2.28. The number of benzene rings is 1. The minimum atomic E-state index is -3.37. The lowest BCUT2D eigenvalue weighted by Gasteiger charge is -2.15. The summed E-state index contributed by atoms with van der Waals surface area (Å²) >= 11 is 0. The van der Waals surface area contributed by atoms with Gasteiger partial charge in [-0.1, -0.05) is 6.07 Å². The van der Waals surface area contributed by atoms with Gasteiger partial charge in [0.1, 0.15) is 11.6 Å². The molecule has 0 aliphatic heterocycles. The Bertz CT molecular complexity index is 540. The normalized spacial score (nSPS) is 10.5. The molecule has 4 nitrogen and oxygen atoms in total. The maximum absolute atomic E-state index is 12.8. The van der Waals surface area contributed by atoms with Crippen LogP contribution in [0.15, 0.2) is 12.1 Å². The van der Waals surface area contributed by atoms with Gasteiger partial charge < -0.3 is 9.47 Å². The summed E-state index contributed by atoms with van der Waals surface area (Å²) in [4.78, 5) is 11.7. The predicted octanol–water partition coefficient (Wildman–Crippen LogP) is 3.27.